The number of para-hydroxylation sites is 3. The summed E-state index contributed by atoms with van der Waals surface area (Å²) >= 11 is 0. The van der Waals surface area contributed by atoms with Crippen molar-refractivity contribution in [3.05, 3.63) is 54.1 Å². The molecule has 26 heavy (non-hydrogen) atoms. The van der Waals surface area contributed by atoms with E-state index in [0.29, 0.717) is 28.5 Å². The Morgan fingerprint density at radius 3 is 2.27 bits per heavy atom. The number of carbonyl (C=O) groups excluding carboxylic acids is 2. The number of nitrogens with one attached hydrogen (secondary N) is 2. The van der Waals surface area contributed by atoms with E-state index in [4.69, 9.17) is 9.47 Å². The number of hydrogen-bond donors (Lipinski definition) is 2. The number of hydrazone groups is 1. The summed E-state index contributed by atoms with van der Waals surface area (Å²) < 4.78 is 10.3. The Balaban J connectivity index is 1.95. The molecule has 0 bridgehead atoms. The van der Waals surface area contributed by atoms with E-state index in [9.17, 15) is 9.59 Å². The Morgan fingerprint density at radius 2 is 1.58 bits per heavy atom. The van der Waals surface area contributed by atoms with Crippen LogP contribution in [-0.4, -0.2) is 31.7 Å². The zero-order chi connectivity index (χ0) is 18.9. The minimum absolute atomic E-state index is 0.0320. The molecule has 0 atom stereocenters. The molecule has 0 aromatic heterocycles. The van der Waals surface area contributed by atoms with Crippen LogP contribution in [0.3, 0.4) is 0 Å². The molecule has 0 aliphatic carbocycles. The maximum absolute atomic E-state index is 12.2. The monoisotopic (exact) mass is 355 g/mol. The highest BCUT2D eigenvalue weighted by Crippen LogP contribution is 2.23. The summed E-state index contributed by atoms with van der Waals surface area (Å²) in [6.45, 7) is 1.66. The Bertz CT molecular complexity index is 818. The molecule has 0 aliphatic rings. The quantitative estimate of drug-likeness (QED) is 0.590. The standard InChI is InChI=1S/C19H21N3O4/c1-13(12-18(23)20-15-9-5-7-11-17(15)26-3)21-22-19(24)14-8-4-6-10-16(14)25-2/h4-11H,12H2,1-3H3,(H,20,23)(H,22,24)/b21-13+. The average Bonchev–Trinajstić information content (AvgIpc) is 2.66. The predicted octanol–water partition coefficient (Wildman–Crippen LogP) is 2.84. The van der Waals surface area contributed by atoms with Crippen molar-refractivity contribution in [1.82, 2.24) is 5.43 Å². The molecule has 0 fully saturated rings. The number of amides is 2. The molecule has 2 aromatic rings. The summed E-state index contributed by atoms with van der Waals surface area (Å²) in [6, 6.07) is 13.9. The molecule has 0 saturated heterocycles. The third-order valence-corrected chi connectivity index (χ3v) is 3.50. The zero-order valence-electron chi connectivity index (χ0n) is 14.9. The van der Waals surface area contributed by atoms with Gasteiger partial charge in [0.1, 0.15) is 11.5 Å². The molecule has 0 radical (unpaired) electrons. The summed E-state index contributed by atoms with van der Waals surface area (Å²) in [5.74, 6) is 0.348. The van der Waals surface area contributed by atoms with Gasteiger partial charge in [-0.3, -0.25) is 9.59 Å². The second-order valence-corrected chi connectivity index (χ2v) is 5.41. The lowest BCUT2D eigenvalue weighted by atomic mass is 10.2. The van der Waals surface area contributed by atoms with Gasteiger partial charge in [-0.1, -0.05) is 24.3 Å². The van der Waals surface area contributed by atoms with Crippen molar-refractivity contribution in [2.45, 2.75) is 13.3 Å². The van der Waals surface area contributed by atoms with Crippen molar-refractivity contribution in [2.75, 3.05) is 19.5 Å². The molecule has 0 heterocycles. The molecular weight excluding hydrogens is 334 g/mol. The van der Waals surface area contributed by atoms with Crippen molar-refractivity contribution in [2.24, 2.45) is 5.10 Å². The molecule has 2 N–H and O–H groups in total. The van der Waals surface area contributed by atoms with Crippen molar-refractivity contribution in [3.8, 4) is 11.5 Å². The molecule has 0 saturated carbocycles. The van der Waals surface area contributed by atoms with Crippen molar-refractivity contribution < 1.29 is 19.1 Å². The maximum Gasteiger partial charge on any atom is 0.275 e. The predicted molar refractivity (Wildman–Crippen MR) is 99.8 cm³/mol. The molecule has 2 rings (SSSR count). The topological polar surface area (TPSA) is 89.0 Å². The second-order valence-electron chi connectivity index (χ2n) is 5.41. The highest BCUT2D eigenvalue weighted by molar-refractivity contribution is 6.06. The molecule has 7 heteroatoms. The maximum atomic E-state index is 12.2. The first-order valence-electron chi connectivity index (χ1n) is 7.94. The molecule has 2 amide bonds. The zero-order valence-corrected chi connectivity index (χ0v) is 14.9. The highest BCUT2D eigenvalue weighted by Gasteiger charge is 2.12. The summed E-state index contributed by atoms with van der Waals surface area (Å²) in [6.07, 6.45) is 0.0320. The van der Waals surface area contributed by atoms with E-state index in [2.05, 4.69) is 15.8 Å². The molecule has 0 unspecified atom stereocenters. The molecular formula is C19H21N3O4. The van der Waals surface area contributed by atoms with Crippen molar-refractivity contribution in [1.29, 1.82) is 0 Å². The van der Waals surface area contributed by atoms with Gasteiger partial charge in [0.2, 0.25) is 5.91 Å². The molecule has 136 valence electrons. The normalized spacial score (nSPS) is 10.8. The van der Waals surface area contributed by atoms with Crippen molar-refractivity contribution in [3.63, 3.8) is 0 Å². The Morgan fingerprint density at radius 1 is 0.962 bits per heavy atom. The third-order valence-electron chi connectivity index (χ3n) is 3.50. The van der Waals surface area contributed by atoms with Gasteiger partial charge in [-0.15, -0.1) is 0 Å². The van der Waals surface area contributed by atoms with E-state index in [0.717, 1.165) is 0 Å². The Kier molecular flexibility index (Phi) is 6.73. The van der Waals surface area contributed by atoms with Crippen LogP contribution in [0.25, 0.3) is 0 Å². The van der Waals surface area contributed by atoms with Crippen LogP contribution in [0, 0.1) is 0 Å². The summed E-state index contributed by atoms with van der Waals surface area (Å²) in [5, 5.41) is 6.72. The van der Waals surface area contributed by atoms with E-state index in [-0.39, 0.29) is 12.3 Å². The first kappa shape index (κ1) is 19.0. The van der Waals surface area contributed by atoms with Gasteiger partial charge in [-0.25, -0.2) is 5.43 Å². The lowest BCUT2D eigenvalue weighted by Crippen LogP contribution is -2.22. The van der Waals surface area contributed by atoms with E-state index in [1.807, 2.05) is 6.07 Å². The summed E-state index contributed by atoms with van der Waals surface area (Å²) in [7, 11) is 3.02. The van der Waals surface area contributed by atoms with E-state index in [1.54, 1.807) is 49.4 Å². The summed E-state index contributed by atoms with van der Waals surface area (Å²) in [4.78, 5) is 24.3. The smallest absolute Gasteiger partial charge is 0.275 e. The number of hydrogen-bond acceptors (Lipinski definition) is 5. The minimum Gasteiger partial charge on any atom is -0.496 e. The van der Waals surface area contributed by atoms with Gasteiger partial charge in [0.25, 0.3) is 5.91 Å². The number of anilines is 1. The molecule has 0 aliphatic heterocycles. The van der Waals surface area contributed by atoms with Crippen LogP contribution in [0.1, 0.15) is 23.7 Å². The number of ether oxygens (including phenoxy) is 2. The van der Waals surface area contributed by atoms with Crippen LogP contribution in [0.4, 0.5) is 5.69 Å². The SMILES string of the molecule is COc1ccccc1NC(=O)C/C(C)=N/NC(=O)c1ccccc1OC. The number of carbonyl (C=O) groups is 2. The number of rotatable bonds is 7. The first-order chi connectivity index (χ1) is 12.5. The van der Waals surface area contributed by atoms with Gasteiger partial charge >= 0.3 is 0 Å². The van der Waals surface area contributed by atoms with E-state index in [1.165, 1.54) is 14.2 Å². The van der Waals surface area contributed by atoms with Crippen LogP contribution in [0.15, 0.2) is 53.6 Å². The first-order valence-corrected chi connectivity index (χ1v) is 7.94. The van der Waals surface area contributed by atoms with E-state index >= 15 is 0 Å². The van der Waals surface area contributed by atoms with Crippen LogP contribution < -0.4 is 20.2 Å². The van der Waals surface area contributed by atoms with Crippen LogP contribution in [0.2, 0.25) is 0 Å². The van der Waals surface area contributed by atoms with Crippen LogP contribution in [-0.2, 0) is 4.79 Å². The number of methoxy groups -OCH3 is 2. The molecule has 0 spiro atoms. The lowest BCUT2D eigenvalue weighted by molar-refractivity contribution is -0.115. The van der Waals surface area contributed by atoms with E-state index < -0.39 is 5.91 Å². The largest absolute Gasteiger partial charge is 0.496 e. The van der Waals surface area contributed by atoms with Gasteiger partial charge < -0.3 is 14.8 Å². The summed E-state index contributed by atoms with van der Waals surface area (Å²) in [5.41, 5.74) is 3.83. The minimum atomic E-state index is -0.410. The van der Waals surface area contributed by atoms with Crippen LogP contribution in [0.5, 0.6) is 11.5 Å². The third kappa shape index (κ3) is 5.07. The number of nitrogens with zero attached hydrogens (tertiary/aromatic N) is 1. The van der Waals surface area contributed by atoms with Crippen molar-refractivity contribution >= 4 is 23.2 Å². The highest BCUT2D eigenvalue weighted by atomic mass is 16.5. The Labute approximate surface area is 152 Å². The fourth-order valence-electron chi connectivity index (χ4n) is 2.25. The average molecular weight is 355 g/mol. The van der Waals surface area contributed by atoms with Gasteiger partial charge in [0.15, 0.2) is 0 Å². The molecule has 7 nitrogen and oxygen atoms in total. The fraction of sp³-hybridized carbons (Fsp3) is 0.211. The number of benzene rings is 2. The van der Waals surface area contributed by atoms with Gasteiger partial charge in [-0.05, 0) is 31.2 Å². The van der Waals surface area contributed by atoms with Crippen LogP contribution >= 0.6 is 0 Å². The lowest BCUT2D eigenvalue weighted by Gasteiger charge is -2.10. The van der Waals surface area contributed by atoms with Gasteiger partial charge in [0, 0.05) is 5.71 Å². The second kappa shape index (κ2) is 9.22. The Hall–Kier alpha value is -3.35. The molecule has 2 aromatic carbocycles. The van der Waals surface area contributed by atoms with Gasteiger partial charge in [-0.2, -0.15) is 5.10 Å². The van der Waals surface area contributed by atoms with Gasteiger partial charge in [0.05, 0.1) is 31.9 Å². The fourth-order valence-corrected chi connectivity index (χ4v) is 2.25.